The van der Waals surface area contributed by atoms with Crippen molar-refractivity contribution in [2.45, 2.75) is 24.8 Å². The van der Waals surface area contributed by atoms with Crippen molar-refractivity contribution in [3.8, 4) is 0 Å². The number of guanidine groups is 1. The van der Waals surface area contributed by atoms with Crippen LogP contribution in [-0.4, -0.2) is 59.8 Å². The van der Waals surface area contributed by atoms with Crippen LogP contribution < -0.4 is 10.6 Å². The summed E-state index contributed by atoms with van der Waals surface area (Å²) in [7, 11) is 1.69. The van der Waals surface area contributed by atoms with Crippen LogP contribution in [0.5, 0.6) is 0 Å². The first-order valence-corrected chi connectivity index (χ1v) is 9.87. The smallest absolute Gasteiger partial charge is 0.191 e. The van der Waals surface area contributed by atoms with Crippen LogP contribution in [0.1, 0.15) is 12.7 Å². The number of aryl methyl sites for hydroxylation is 1. The molecule has 0 saturated carbocycles. The minimum absolute atomic E-state index is 0.608. The molecule has 2 rings (SSSR count). The van der Waals surface area contributed by atoms with Crippen molar-refractivity contribution in [3.05, 3.63) is 42.5 Å². The number of nitrogens with one attached hydrogen (secondary N) is 2. The molecule has 142 valence electrons. The molecule has 0 spiro atoms. The van der Waals surface area contributed by atoms with Gasteiger partial charge in [0.05, 0.1) is 13.2 Å². The minimum Gasteiger partial charge on any atom is -0.383 e. The highest BCUT2D eigenvalue weighted by Crippen LogP contribution is 2.15. The molecule has 0 amide bonds. The highest BCUT2D eigenvalue weighted by molar-refractivity contribution is 7.99. The Morgan fingerprint density at radius 2 is 2.04 bits per heavy atom. The van der Waals surface area contributed by atoms with E-state index in [0.29, 0.717) is 13.2 Å². The van der Waals surface area contributed by atoms with E-state index in [9.17, 15) is 0 Å². The number of thioether (sulfide) groups is 1. The summed E-state index contributed by atoms with van der Waals surface area (Å²) in [5.41, 5.74) is 0. The van der Waals surface area contributed by atoms with E-state index in [-0.39, 0.29) is 0 Å². The first-order valence-electron chi connectivity index (χ1n) is 8.89. The number of hydrogen-bond donors (Lipinski definition) is 2. The molecule has 2 aromatic rings. The minimum atomic E-state index is 0.608. The molecule has 1 heterocycles. The average molecular weight is 377 g/mol. The summed E-state index contributed by atoms with van der Waals surface area (Å²) in [6.07, 6.45) is 2.65. The molecule has 0 unspecified atom stereocenters. The molecule has 2 N–H and O–H groups in total. The first kappa shape index (κ1) is 20.3. The molecule has 0 atom stereocenters. The van der Waals surface area contributed by atoms with Gasteiger partial charge in [0.1, 0.15) is 12.2 Å². The fraction of sp³-hybridized carbons (Fsp3) is 0.500. The van der Waals surface area contributed by atoms with Crippen molar-refractivity contribution in [2.24, 2.45) is 4.99 Å². The summed E-state index contributed by atoms with van der Waals surface area (Å²) in [5, 5.41) is 14.8. The molecule has 0 radical (unpaired) electrons. The zero-order valence-electron chi connectivity index (χ0n) is 15.5. The monoisotopic (exact) mass is 376 g/mol. The van der Waals surface area contributed by atoms with Crippen molar-refractivity contribution in [2.75, 3.05) is 39.1 Å². The number of hydrogen-bond acceptors (Lipinski definition) is 5. The third kappa shape index (κ3) is 7.45. The lowest BCUT2D eigenvalue weighted by Gasteiger charge is -2.13. The van der Waals surface area contributed by atoms with Crippen LogP contribution >= 0.6 is 11.8 Å². The molecule has 0 fully saturated rings. The van der Waals surface area contributed by atoms with E-state index < -0.39 is 0 Å². The molecule has 1 aromatic heterocycles. The Labute approximate surface area is 159 Å². The molecule has 0 aliphatic heterocycles. The van der Waals surface area contributed by atoms with E-state index in [1.54, 1.807) is 13.4 Å². The van der Waals surface area contributed by atoms with Crippen molar-refractivity contribution >= 4 is 17.7 Å². The van der Waals surface area contributed by atoms with Crippen LogP contribution in [0.3, 0.4) is 0 Å². The van der Waals surface area contributed by atoms with Crippen molar-refractivity contribution < 1.29 is 4.74 Å². The van der Waals surface area contributed by atoms with E-state index >= 15 is 0 Å². The number of aliphatic imine (C=N–C) groups is 1. The van der Waals surface area contributed by atoms with E-state index in [1.165, 1.54) is 4.90 Å². The Morgan fingerprint density at radius 1 is 1.23 bits per heavy atom. The Morgan fingerprint density at radius 3 is 2.81 bits per heavy atom. The Balaban J connectivity index is 1.74. The zero-order chi connectivity index (χ0) is 18.5. The maximum atomic E-state index is 5.08. The summed E-state index contributed by atoms with van der Waals surface area (Å²) in [6.45, 7) is 5.72. The molecule has 0 aliphatic carbocycles. The summed E-state index contributed by atoms with van der Waals surface area (Å²) in [4.78, 5) is 5.82. The van der Waals surface area contributed by atoms with Crippen molar-refractivity contribution in [1.29, 1.82) is 0 Å². The molecular weight excluding hydrogens is 348 g/mol. The second kappa shape index (κ2) is 12.3. The maximum absolute atomic E-state index is 5.08. The lowest BCUT2D eigenvalue weighted by Crippen LogP contribution is -2.40. The molecule has 26 heavy (non-hydrogen) atoms. The molecule has 7 nitrogen and oxygen atoms in total. The third-order valence-corrected chi connectivity index (χ3v) is 4.64. The van der Waals surface area contributed by atoms with Crippen molar-refractivity contribution in [1.82, 2.24) is 25.4 Å². The van der Waals surface area contributed by atoms with Gasteiger partial charge in [-0.25, -0.2) is 0 Å². The van der Waals surface area contributed by atoms with Gasteiger partial charge < -0.3 is 19.9 Å². The van der Waals surface area contributed by atoms with Crippen LogP contribution in [0.25, 0.3) is 0 Å². The van der Waals surface area contributed by atoms with Gasteiger partial charge >= 0.3 is 0 Å². The quantitative estimate of drug-likeness (QED) is 0.270. The van der Waals surface area contributed by atoms with E-state index in [1.807, 2.05) is 17.8 Å². The fourth-order valence-electron chi connectivity index (χ4n) is 2.31. The summed E-state index contributed by atoms with van der Waals surface area (Å²) >= 11 is 1.83. The Kier molecular flexibility index (Phi) is 9.60. The normalized spacial score (nSPS) is 11.5. The van der Waals surface area contributed by atoms with Gasteiger partial charge in [0.15, 0.2) is 5.96 Å². The standard InChI is InChI=1S/C18H28N6OS/c1-3-17-23-22-15-24(17)12-9-19-18(20-10-13-25-2)21-11-14-26-16-7-5-4-6-8-16/h4-8,15H,3,9-14H2,1-2H3,(H2,19,20,21). The first-order chi connectivity index (χ1) is 12.8. The highest BCUT2D eigenvalue weighted by atomic mass is 32.2. The lowest BCUT2D eigenvalue weighted by molar-refractivity contribution is 0.208. The highest BCUT2D eigenvalue weighted by Gasteiger charge is 2.03. The molecule has 1 aromatic carbocycles. The fourth-order valence-corrected chi connectivity index (χ4v) is 3.10. The number of ether oxygens (including phenoxy) is 1. The number of benzene rings is 1. The summed E-state index contributed by atoms with van der Waals surface area (Å²) < 4.78 is 7.14. The van der Waals surface area contributed by atoms with Crippen LogP contribution in [0, 0.1) is 0 Å². The van der Waals surface area contributed by atoms with Gasteiger partial charge in [-0.05, 0) is 12.1 Å². The van der Waals surface area contributed by atoms with Gasteiger partial charge in [0.25, 0.3) is 0 Å². The van der Waals surface area contributed by atoms with Gasteiger partial charge in [-0.1, -0.05) is 25.1 Å². The van der Waals surface area contributed by atoms with Gasteiger partial charge in [0.2, 0.25) is 0 Å². The van der Waals surface area contributed by atoms with Gasteiger partial charge in [0, 0.05) is 43.8 Å². The number of methoxy groups -OCH3 is 1. The van der Waals surface area contributed by atoms with Crippen LogP contribution in [0.4, 0.5) is 0 Å². The van der Waals surface area contributed by atoms with Crippen LogP contribution in [0.2, 0.25) is 0 Å². The van der Waals surface area contributed by atoms with E-state index in [0.717, 1.165) is 43.6 Å². The SMILES string of the molecule is CCc1nncn1CCNC(=NCCOC)NCCSc1ccccc1. The molecule has 0 saturated heterocycles. The Bertz CT molecular complexity index is 646. The van der Waals surface area contributed by atoms with Crippen LogP contribution in [0.15, 0.2) is 46.5 Å². The van der Waals surface area contributed by atoms with Crippen LogP contribution in [-0.2, 0) is 17.7 Å². The Hall–Kier alpha value is -2.06. The summed E-state index contributed by atoms with van der Waals surface area (Å²) in [5.74, 6) is 2.78. The molecule has 8 heteroatoms. The lowest BCUT2D eigenvalue weighted by atomic mass is 10.4. The second-order valence-corrected chi connectivity index (χ2v) is 6.70. The van der Waals surface area contributed by atoms with Gasteiger partial charge in [-0.15, -0.1) is 22.0 Å². The predicted molar refractivity (Wildman–Crippen MR) is 107 cm³/mol. The third-order valence-electron chi connectivity index (χ3n) is 3.63. The molecule has 0 aliphatic rings. The summed E-state index contributed by atoms with van der Waals surface area (Å²) in [6, 6.07) is 10.4. The van der Waals surface area contributed by atoms with Crippen molar-refractivity contribution in [3.63, 3.8) is 0 Å². The van der Waals surface area contributed by atoms with E-state index in [2.05, 4.69) is 61.6 Å². The number of rotatable bonds is 11. The zero-order valence-corrected chi connectivity index (χ0v) is 16.3. The topological polar surface area (TPSA) is 76.4 Å². The molecular formula is C18H28N6OS. The average Bonchev–Trinajstić information content (AvgIpc) is 3.13. The second-order valence-electron chi connectivity index (χ2n) is 5.53. The maximum Gasteiger partial charge on any atom is 0.191 e. The number of aromatic nitrogens is 3. The largest absolute Gasteiger partial charge is 0.383 e. The number of nitrogens with zero attached hydrogens (tertiary/aromatic N) is 4. The predicted octanol–water partition coefficient (Wildman–Crippen LogP) is 1.81. The molecule has 0 bridgehead atoms. The van der Waals surface area contributed by atoms with Gasteiger partial charge in [-0.2, -0.15) is 0 Å². The van der Waals surface area contributed by atoms with Gasteiger partial charge in [-0.3, -0.25) is 4.99 Å². The van der Waals surface area contributed by atoms with E-state index in [4.69, 9.17) is 4.74 Å².